The molecule has 0 spiro atoms. The Kier molecular flexibility index (Phi) is 5.62. The van der Waals surface area contributed by atoms with Crippen molar-refractivity contribution in [1.29, 1.82) is 0 Å². The third-order valence-corrected chi connectivity index (χ3v) is 6.50. The number of piperidine rings is 2. The van der Waals surface area contributed by atoms with Crippen molar-refractivity contribution in [1.82, 2.24) is 8.61 Å². The Hall–Kier alpha value is -0.660. The molecule has 2 fully saturated rings. The molecule has 0 aromatic rings. The first kappa shape index (κ1) is 16.7. The standard InChI is InChI=1S/C14H26N2O4S/c1-3-20-14(17)13-6-10-16(11-7-13)21(18,19)15-8-4-12(2)5-9-15/h12-13H,3-11H2,1-2H3. The van der Waals surface area contributed by atoms with E-state index in [0.29, 0.717) is 51.5 Å². The Bertz CT molecular complexity index is 450. The summed E-state index contributed by atoms with van der Waals surface area (Å²) in [6.07, 6.45) is 2.97. The van der Waals surface area contributed by atoms with E-state index >= 15 is 0 Å². The van der Waals surface area contributed by atoms with E-state index in [4.69, 9.17) is 4.74 Å². The van der Waals surface area contributed by atoms with Crippen LogP contribution in [0.15, 0.2) is 0 Å². The van der Waals surface area contributed by atoms with Gasteiger partial charge in [-0.1, -0.05) is 6.92 Å². The SMILES string of the molecule is CCOC(=O)C1CCN(S(=O)(=O)N2CCC(C)CC2)CC1. The second-order valence-corrected chi connectivity index (χ2v) is 7.94. The molecule has 2 heterocycles. The molecular weight excluding hydrogens is 292 g/mol. The van der Waals surface area contributed by atoms with E-state index in [1.807, 2.05) is 0 Å². The molecule has 7 heteroatoms. The maximum Gasteiger partial charge on any atom is 0.309 e. The Balaban J connectivity index is 1.90. The zero-order valence-electron chi connectivity index (χ0n) is 13.0. The van der Waals surface area contributed by atoms with Crippen LogP contribution < -0.4 is 0 Å². The molecule has 0 bridgehead atoms. The summed E-state index contributed by atoms with van der Waals surface area (Å²) in [6.45, 7) is 6.38. The number of rotatable bonds is 4. The molecule has 0 unspecified atom stereocenters. The van der Waals surface area contributed by atoms with Gasteiger partial charge >= 0.3 is 5.97 Å². The molecule has 0 aliphatic carbocycles. The van der Waals surface area contributed by atoms with Gasteiger partial charge in [-0.25, -0.2) is 0 Å². The molecule has 2 saturated heterocycles. The van der Waals surface area contributed by atoms with Crippen molar-refractivity contribution in [3.05, 3.63) is 0 Å². The smallest absolute Gasteiger partial charge is 0.309 e. The Morgan fingerprint density at radius 3 is 2.00 bits per heavy atom. The quantitative estimate of drug-likeness (QED) is 0.732. The van der Waals surface area contributed by atoms with Crippen LogP contribution in [0, 0.1) is 11.8 Å². The van der Waals surface area contributed by atoms with Gasteiger partial charge in [0.05, 0.1) is 12.5 Å². The number of hydrogen-bond donors (Lipinski definition) is 0. The lowest BCUT2D eigenvalue weighted by atomic mass is 9.98. The number of hydrogen-bond acceptors (Lipinski definition) is 4. The summed E-state index contributed by atoms with van der Waals surface area (Å²) in [5.74, 6) is 0.255. The fourth-order valence-electron chi connectivity index (χ4n) is 2.96. The van der Waals surface area contributed by atoms with Crippen LogP contribution in [-0.2, 0) is 19.7 Å². The predicted molar refractivity (Wildman–Crippen MR) is 79.8 cm³/mol. The molecule has 0 saturated carbocycles. The normalized spacial score (nSPS) is 24.1. The summed E-state index contributed by atoms with van der Waals surface area (Å²) in [5.41, 5.74) is 0. The lowest BCUT2D eigenvalue weighted by Gasteiger charge is -2.36. The van der Waals surface area contributed by atoms with Crippen LogP contribution in [0.25, 0.3) is 0 Å². The number of nitrogens with zero attached hydrogens (tertiary/aromatic N) is 2. The fraction of sp³-hybridized carbons (Fsp3) is 0.929. The van der Waals surface area contributed by atoms with Crippen molar-refractivity contribution >= 4 is 16.2 Å². The van der Waals surface area contributed by atoms with Gasteiger partial charge < -0.3 is 4.74 Å². The van der Waals surface area contributed by atoms with Crippen molar-refractivity contribution in [2.45, 2.75) is 39.5 Å². The molecule has 21 heavy (non-hydrogen) atoms. The predicted octanol–water partition coefficient (Wildman–Crippen LogP) is 1.24. The second-order valence-electron chi connectivity index (χ2n) is 6.01. The summed E-state index contributed by atoms with van der Waals surface area (Å²) < 4.78 is 33.3. The van der Waals surface area contributed by atoms with Crippen LogP contribution in [0.3, 0.4) is 0 Å². The van der Waals surface area contributed by atoms with Crippen molar-refractivity contribution in [3.8, 4) is 0 Å². The van der Waals surface area contributed by atoms with Crippen molar-refractivity contribution < 1.29 is 17.9 Å². The van der Waals surface area contributed by atoms with Crippen LogP contribution in [0.5, 0.6) is 0 Å². The van der Waals surface area contributed by atoms with Gasteiger partial charge in [-0.3, -0.25) is 4.79 Å². The van der Waals surface area contributed by atoms with Crippen LogP contribution in [0.2, 0.25) is 0 Å². The highest BCUT2D eigenvalue weighted by Crippen LogP contribution is 2.25. The zero-order chi connectivity index (χ0) is 15.5. The minimum atomic E-state index is -3.36. The minimum absolute atomic E-state index is 0.155. The van der Waals surface area contributed by atoms with Crippen molar-refractivity contribution in [2.24, 2.45) is 11.8 Å². The van der Waals surface area contributed by atoms with E-state index in [1.165, 1.54) is 4.31 Å². The molecule has 0 amide bonds. The fourth-order valence-corrected chi connectivity index (χ4v) is 4.63. The third-order valence-electron chi connectivity index (χ3n) is 4.47. The van der Waals surface area contributed by atoms with Gasteiger partial charge in [-0.2, -0.15) is 17.0 Å². The van der Waals surface area contributed by atoms with Gasteiger partial charge in [-0.05, 0) is 38.5 Å². The Morgan fingerprint density at radius 2 is 1.52 bits per heavy atom. The van der Waals surface area contributed by atoms with Gasteiger partial charge in [0, 0.05) is 26.2 Å². The summed E-state index contributed by atoms with van der Waals surface area (Å²) in [6, 6.07) is 0. The highest BCUT2D eigenvalue weighted by molar-refractivity contribution is 7.86. The van der Waals surface area contributed by atoms with E-state index in [-0.39, 0.29) is 11.9 Å². The van der Waals surface area contributed by atoms with E-state index in [1.54, 1.807) is 11.2 Å². The second kappa shape index (κ2) is 7.07. The zero-order valence-corrected chi connectivity index (χ0v) is 13.8. The van der Waals surface area contributed by atoms with E-state index in [9.17, 15) is 13.2 Å². The van der Waals surface area contributed by atoms with Gasteiger partial charge in [0.2, 0.25) is 0 Å². The largest absolute Gasteiger partial charge is 0.466 e. The average molecular weight is 318 g/mol. The number of ether oxygens (including phenoxy) is 1. The van der Waals surface area contributed by atoms with Crippen LogP contribution in [-0.4, -0.2) is 55.8 Å². The molecular formula is C14H26N2O4S. The van der Waals surface area contributed by atoms with E-state index in [2.05, 4.69) is 6.92 Å². The minimum Gasteiger partial charge on any atom is -0.466 e. The summed E-state index contributed by atoms with van der Waals surface area (Å²) in [5, 5.41) is 0. The lowest BCUT2D eigenvalue weighted by Crippen LogP contribution is -2.50. The molecule has 2 aliphatic rings. The lowest BCUT2D eigenvalue weighted by molar-refractivity contribution is -0.149. The maximum absolute atomic E-state index is 12.6. The summed E-state index contributed by atoms with van der Waals surface area (Å²) in [4.78, 5) is 11.7. The van der Waals surface area contributed by atoms with Crippen LogP contribution in [0.1, 0.15) is 39.5 Å². The summed E-state index contributed by atoms with van der Waals surface area (Å²) in [7, 11) is -3.36. The van der Waals surface area contributed by atoms with Crippen LogP contribution >= 0.6 is 0 Å². The van der Waals surface area contributed by atoms with E-state index in [0.717, 1.165) is 12.8 Å². The van der Waals surface area contributed by atoms with Gasteiger partial charge in [0.1, 0.15) is 0 Å². The Labute approximate surface area is 127 Å². The van der Waals surface area contributed by atoms with E-state index < -0.39 is 10.2 Å². The molecule has 2 rings (SSSR count). The maximum atomic E-state index is 12.6. The monoisotopic (exact) mass is 318 g/mol. The molecule has 0 radical (unpaired) electrons. The first-order valence-electron chi connectivity index (χ1n) is 7.87. The first-order valence-corrected chi connectivity index (χ1v) is 9.26. The molecule has 0 aromatic heterocycles. The summed E-state index contributed by atoms with van der Waals surface area (Å²) >= 11 is 0. The highest BCUT2D eigenvalue weighted by Gasteiger charge is 2.36. The number of esters is 1. The van der Waals surface area contributed by atoms with Crippen LogP contribution in [0.4, 0.5) is 0 Å². The highest BCUT2D eigenvalue weighted by atomic mass is 32.2. The Morgan fingerprint density at radius 1 is 1.05 bits per heavy atom. The molecule has 2 aliphatic heterocycles. The number of carbonyl (C=O) groups excluding carboxylic acids is 1. The van der Waals surface area contributed by atoms with Gasteiger partial charge in [0.15, 0.2) is 0 Å². The molecule has 6 nitrogen and oxygen atoms in total. The van der Waals surface area contributed by atoms with Gasteiger partial charge in [0.25, 0.3) is 10.2 Å². The topological polar surface area (TPSA) is 66.9 Å². The molecule has 0 aromatic carbocycles. The average Bonchev–Trinajstić information content (AvgIpc) is 2.48. The molecule has 122 valence electrons. The first-order chi connectivity index (χ1) is 9.95. The third kappa shape index (κ3) is 3.96. The molecule has 0 atom stereocenters. The number of carbonyl (C=O) groups is 1. The molecule has 0 N–H and O–H groups in total. The van der Waals surface area contributed by atoms with Gasteiger partial charge in [-0.15, -0.1) is 0 Å². The van der Waals surface area contributed by atoms with Crippen molar-refractivity contribution in [2.75, 3.05) is 32.8 Å². The van der Waals surface area contributed by atoms with Crippen molar-refractivity contribution in [3.63, 3.8) is 0 Å².